The Bertz CT molecular complexity index is 710. The summed E-state index contributed by atoms with van der Waals surface area (Å²) in [5.74, 6) is 1.12. The van der Waals surface area contributed by atoms with E-state index in [4.69, 9.17) is 4.74 Å². The first-order valence-corrected chi connectivity index (χ1v) is 9.55. The number of carbonyl (C=O) groups is 1. The molecule has 5 heteroatoms. The van der Waals surface area contributed by atoms with E-state index < -0.39 is 0 Å². The van der Waals surface area contributed by atoms with E-state index in [-0.39, 0.29) is 5.91 Å². The Kier molecular flexibility index (Phi) is 6.71. The predicted octanol–water partition coefficient (Wildman–Crippen LogP) is 2.87. The zero-order chi connectivity index (χ0) is 19.1. The normalized spacial score (nSPS) is 14.5. The van der Waals surface area contributed by atoms with Gasteiger partial charge in [-0.15, -0.1) is 0 Å². The summed E-state index contributed by atoms with van der Waals surface area (Å²) in [7, 11) is 3.75. The quantitative estimate of drug-likeness (QED) is 0.754. The first-order chi connectivity index (χ1) is 13.2. The number of hydrogen-bond donors (Lipinski definition) is 0. The number of anilines is 1. The molecular weight excluding hydrogens is 338 g/mol. The van der Waals surface area contributed by atoms with Gasteiger partial charge in [-0.1, -0.05) is 30.3 Å². The standard InChI is InChI=1S/C22H29N3O2/c1-23(18-19-6-4-3-5-7-19)13-12-22(26)25-16-14-24(15-17-25)20-8-10-21(27-2)11-9-20/h3-11H,12-18H2,1-2H3. The molecule has 2 aromatic carbocycles. The fourth-order valence-electron chi connectivity index (χ4n) is 3.43. The summed E-state index contributed by atoms with van der Waals surface area (Å²) in [4.78, 5) is 19.1. The van der Waals surface area contributed by atoms with Crippen LogP contribution in [0.5, 0.6) is 5.75 Å². The molecule has 0 spiro atoms. The molecule has 0 unspecified atom stereocenters. The largest absolute Gasteiger partial charge is 0.497 e. The molecule has 0 atom stereocenters. The summed E-state index contributed by atoms with van der Waals surface area (Å²) < 4.78 is 5.21. The minimum absolute atomic E-state index is 0.254. The van der Waals surface area contributed by atoms with Gasteiger partial charge in [0.25, 0.3) is 0 Å². The van der Waals surface area contributed by atoms with E-state index in [0.717, 1.165) is 45.0 Å². The second-order valence-electron chi connectivity index (χ2n) is 7.04. The fraction of sp³-hybridized carbons (Fsp3) is 0.409. The number of ether oxygens (including phenoxy) is 1. The molecular formula is C22H29N3O2. The van der Waals surface area contributed by atoms with Crippen molar-refractivity contribution in [3.63, 3.8) is 0 Å². The van der Waals surface area contributed by atoms with Gasteiger partial charge in [-0.2, -0.15) is 0 Å². The SMILES string of the molecule is COc1ccc(N2CCN(C(=O)CCN(C)Cc3ccccc3)CC2)cc1. The molecule has 144 valence electrons. The molecule has 1 fully saturated rings. The highest BCUT2D eigenvalue weighted by Gasteiger charge is 2.21. The average molecular weight is 367 g/mol. The molecule has 27 heavy (non-hydrogen) atoms. The second-order valence-corrected chi connectivity index (χ2v) is 7.04. The van der Waals surface area contributed by atoms with Crippen LogP contribution in [0.3, 0.4) is 0 Å². The van der Waals surface area contributed by atoms with Gasteiger partial charge >= 0.3 is 0 Å². The monoisotopic (exact) mass is 367 g/mol. The van der Waals surface area contributed by atoms with E-state index in [0.29, 0.717) is 6.42 Å². The van der Waals surface area contributed by atoms with Crippen molar-refractivity contribution in [3.05, 3.63) is 60.2 Å². The Morgan fingerprint density at radius 2 is 1.67 bits per heavy atom. The highest BCUT2D eigenvalue weighted by Crippen LogP contribution is 2.20. The Balaban J connectivity index is 1.41. The number of hydrogen-bond acceptors (Lipinski definition) is 4. The van der Waals surface area contributed by atoms with Crippen LogP contribution in [0.1, 0.15) is 12.0 Å². The molecule has 1 saturated heterocycles. The fourth-order valence-corrected chi connectivity index (χ4v) is 3.43. The summed E-state index contributed by atoms with van der Waals surface area (Å²) in [5, 5.41) is 0. The number of rotatable bonds is 7. The van der Waals surface area contributed by atoms with Crippen molar-refractivity contribution in [3.8, 4) is 5.75 Å². The average Bonchev–Trinajstić information content (AvgIpc) is 2.73. The topological polar surface area (TPSA) is 36.0 Å². The van der Waals surface area contributed by atoms with E-state index in [1.54, 1.807) is 7.11 Å². The van der Waals surface area contributed by atoms with E-state index in [2.05, 4.69) is 53.2 Å². The van der Waals surface area contributed by atoms with Crippen LogP contribution in [0.4, 0.5) is 5.69 Å². The van der Waals surface area contributed by atoms with Crippen molar-refractivity contribution < 1.29 is 9.53 Å². The Morgan fingerprint density at radius 1 is 1.00 bits per heavy atom. The molecule has 2 aromatic rings. The molecule has 5 nitrogen and oxygen atoms in total. The van der Waals surface area contributed by atoms with Crippen LogP contribution in [0.25, 0.3) is 0 Å². The molecule has 1 aliphatic rings. The molecule has 3 rings (SSSR count). The molecule has 0 aliphatic carbocycles. The first-order valence-electron chi connectivity index (χ1n) is 9.55. The van der Waals surface area contributed by atoms with Gasteiger partial charge in [-0.25, -0.2) is 0 Å². The van der Waals surface area contributed by atoms with Crippen molar-refractivity contribution in [1.29, 1.82) is 0 Å². The molecule has 1 heterocycles. The summed E-state index contributed by atoms with van der Waals surface area (Å²) >= 11 is 0. The minimum Gasteiger partial charge on any atom is -0.497 e. The van der Waals surface area contributed by atoms with Crippen LogP contribution in [-0.2, 0) is 11.3 Å². The maximum Gasteiger partial charge on any atom is 0.223 e. The number of methoxy groups -OCH3 is 1. The van der Waals surface area contributed by atoms with Gasteiger partial charge in [0.15, 0.2) is 0 Å². The van der Waals surface area contributed by atoms with Gasteiger partial charge in [-0.3, -0.25) is 4.79 Å². The molecule has 0 radical (unpaired) electrons. The van der Waals surface area contributed by atoms with Crippen molar-refractivity contribution in [2.24, 2.45) is 0 Å². The van der Waals surface area contributed by atoms with Crippen LogP contribution in [0.15, 0.2) is 54.6 Å². The number of nitrogens with zero attached hydrogens (tertiary/aromatic N) is 3. The number of carbonyl (C=O) groups excluding carboxylic acids is 1. The van der Waals surface area contributed by atoms with Crippen LogP contribution in [0.2, 0.25) is 0 Å². The molecule has 1 amide bonds. The van der Waals surface area contributed by atoms with Gasteiger partial charge in [0.1, 0.15) is 5.75 Å². The highest BCUT2D eigenvalue weighted by atomic mass is 16.5. The van der Waals surface area contributed by atoms with E-state index in [1.165, 1.54) is 11.3 Å². The number of amides is 1. The minimum atomic E-state index is 0.254. The smallest absolute Gasteiger partial charge is 0.223 e. The van der Waals surface area contributed by atoms with E-state index in [9.17, 15) is 4.79 Å². The van der Waals surface area contributed by atoms with Crippen molar-refractivity contribution >= 4 is 11.6 Å². The third-order valence-electron chi connectivity index (χ3n) is 5.07. The zero-order valence-electron chi connectivity index (χ0n) is 16.3. The summed E-state index contributed by atoms with van der Waals surface area (Å²) in [6.07, 6.45) is 0.575. The molecule has 0 N–H and O–H groups in total. The first kappa shape index (κ1) is 19.2. The lowest BCUT2D eigenvalue weighted by atomic mass is 10.2. The van der Waals surface area contributed by atoms with Crippen LogP contribution in [-0.4, -0.2) is 62.6 Å². The lowest BCUT2D eigenvalue weighted by Gasteiger charge is -2.36. The summed E-state index contributed by atoms with van der Waals surface area (Å²) in [6, 6.07) is 18.5. The molecule has 0 bridgehead atoms. The molecule has 0 aromatic heterocycles. The number of piperazine rings is 1. The second kappa shape index (κ2) is 9.42. The van der Waals surface area contributed by atoms with Gasteiger partial charge in [0.2, 0.25) is 5.91 Å². The lowest BCUT2D eigenvalue weighted by molar-refractivity contribution is -0.131. The molecule has 0 saturated carbocycles. The van der Waals surface area contributed by atoms with Gasteiger partial charge in [-0.05, 0) is 36.9 Å². The maximum absolute atomic E-state index is 12.5. The molecule has 1 aliphatic heterocycles. The van der Waals surface area contributed by atoms with Crippen molar-refractivity contribution in [2.75, 3.05) is 51.8 Å². The zero-order valence-corrected chi connectivity index (χ0v) is 16.3. The van der Waals surface area contributed by atoms with E-state index in [1.807, 2.05) is 23.1 Å². The van der Waals surface area contributed by atoms with Crippen LogP contribution < -0.4 is 9.64 Å². The van der Waals surface area contributed by atoms with Crippen LogP contribution in [0, 0.1) is 0 Å². The maximum atomic E-state index is 12.5. The predicted molar refractivity (Wildman–Crippen MR) is 109 cm³/mol. The van der Waals surface area contributed by atoms with Crippen LogP contribution >= 0.6 is 0 Å². The van der Waals surface area contributed by atoms with Gasteiger partial charge in [0.05, 0.1) is 7.11 Å². The Hall–Kier alpha value is -2.53. The summed E-state index contributed by atoms with van der Waals surface area (Å²) in [5.41, 5.74) is 2.46. The van der Waals surface area contributed by atoms with Gasteiger partial charge < -0.3 is 19.4 Å². The highest BCUT2D eigenvalue weighted by molar-refractivity contribution is 5.76. The Morgan fingerprint density at radius 3 is 2.30 bits per heavy atom. The third kappa shape index (κ3) is 5.47. The van der Waals surface area contributed by atoms with E-state index >= 15 is 0 Å². The number of benzene rings is 2. The van der Waals surface area contributed by atoms with Gasteiger partial charge in [0, 0.05) is 51.4 Å². The Labute approximate surface area is 162 Å². The summed E-state index contributed by atoms with van der Waals surface area (Å²) in [6.45, 7) is 4.97. The third-order valence-corrected chi connectivity index (χ3v) is 5.07. The lowest BCUT2D eigenvalue weighted by Crippen LogP contribution is -2.49. The van der Waals surface area contributed by atoms with Crippen molar-refractivity contribution in [1.82, 2.24) is 9.80 Å². The van der Waals surface area contributed by atoms with Crippen molar-refractivity contribution in [2.45, 2.75) is 13.0 Å².